The molecule has 0 bridgehead atoms. The van der Waals surface area contributed by atoms with Crippen LogP contribution in [0.25, 0.3) is 11.3 Å². The Balaban J connectivity index is 1.94. The van der Waals surface area contributed by atoms with E-state index in [0.717, 1.165) is 16.7 Å². The SMILES string of the molecule is COc1ccc(-c2cccc(NS(=O)(=O)c3cc(C)c(C)cc3OC)c2)nn1. The molecule has 146 valence electrons. The lowest BCUT2D eigenvalue weighted by Gasteiger charge is -2.14. The Morgan fingerprint density at radius 2 is 1.64 bits per heavy atom. The van der Waals surface area contributed by atoms with E-state index < -0.39 is 10.0 Å². The quantitative estimate of drug-likeness (QED) is 0.681. The number of rotatable bonds is 6. The van der Waals surface area contributed by atoms with Gasteiger partial charge in [0.1, 0.15) is 10.6 Å². The molecule has 0 aliphatic rings. The number of nitrogens with one attached hydrogen (secondary N) is 1. The normalized spacial score (nSPS) is 11.1. The molecule has 0 atom stereocenters. The first-order chi connectivity index (χ1) is 13.3. The van der Waals surface area contributed by atoms with E-state index >= 15 is 0 Å². The van der Waals surface area contributed by atoms with E-state index in [1.165, 1.54) is 14.2 Å². The van der Waals surface area contributed by atoms with Crippen LogP contribution >= 0.6 is 0 Å². The van der Waals surface area contributed by atoms with Gasteiger partial charge in [0.25, 0.3) is 10.0 Å². The van der Waals surface area contributed by atoms with E-state index in [4.69, 9.17) is 9.47 Å². The van der Waals surface area contributed by atoms with Gasteiger partial charge in [-0.1, -0.05) is 12.1 Å². The van der Waals surface area contributed by atoms with Crippen LogP contribution in [0.15, 0.2) is 53.4 Å². The fourth-order valence-corrected chi connectivity index (χ4v) is 3.95. The number of anilines is 1. The molecule has 0 unspecified atom stereocenters. The second-order valence-electron chi connectivity index (χ2n) is 6.23. The van der Waals surface area contributed by atoms with E-state index in [-0.39, 0.29) is 4.90 Å². The average molecular weight is 399 g/mol. The van der Waals surface area contributed by atoms with Gasteiger partial charge < -0.3 is 9.47 Å². The molecule has 3 rings (SSSR count). The zero-order valence-corrected chi connectivity index (χ0v) is 16.9. The molecule has 0 spiro atoms. The molecular weight excluding hydrogens is 378 g/mol. The van der Waals surface area contributed by atoms with Crippen molar-refractivity contribution < 1.29 is 17.9 Å². The number of sulfonamides is 1. The molecule has 0 radical (unpaired) electrons. The lowest BCUT2D eigenvalue weighted by atomic mass is 10.1. The fourth-order valence-electron chi connectivity index (χ4n) is 2.67. The van der Waals surface area contributed by atoms with E-state index in [1.807, 2.05) is 19.9 Å². The highest BCUT2D eigenvalue weighted by atomic mass is 32.2. The summed E-state index contributed by atoms with van der Waals surface area (Å²) in [4.78, 5) is 0.0905. The maximum absolute atomic E-state index is 12.9. The molecule has 8 heteroatoms. The zero-order valence-electron chi connectivity index (χ0n) is 16.1. The van der Waals surface area contributed by atoms with Gasteiger partial charge in [0, 0.05) is 17.3 Å². The second kappa shape index (κ2) is 7.85. The molecule has 0 amide bonds. The Bertz CT molecular complexity index is 1100. The lowest BCUT2D eigenvalue weighted by Crippen LogP contribution is -2.14. The summed E-state index contributed by atoms with van der Waals surface area (Å²) >= 11 is 0. The van der Waals surface area contributed by atoms with Gasteiger partial charge in [0.15, 0.2) is 0 Å². The van der Waals surface area contributed by atoms with Gasteiger partial charge in [0.2, 0.25) is 5.88 Å². The van der Waals surface area contributed by atoms with Crippen LogP contribution in [0.1, 0.15) is 11.1 Å². The van der Waals surface area contributed by atoms with Gasteiger partial charge in [-0.25, -0.2) is 8.42 Å². The number of benzene rings is 2. The maximum atomic E-state index is 12.9. The number of ether oxygens (including phenoxy) is 2. The third-order valence-electron chi connectivity index (χ3n) is 4.33. The summed E-state index contributed by atoms with van der Waals surface area (Å²) in [6.45, 7) is 3.76. The topological polar surface area (TPSA) is 90.4 Å². The molecule has 7 nitrogen and oxygen atoms in total. The maximum Gasteiger partial charge on any atom is 0.265 e. The smallest absolute Gasteiger partial charge is 0.265 e. The van der Waals surface area contributed by atoms with Gasteiger partial charge in [-0.3, -0.25) is 4.72 Å². The van der Waals surface area contributed by atoms with Gasteiger partial charge >= 0.3 is 0 Å². The van der Waals surface area contributed by atoms with Crippen LogP contribution in [0.2, 0.25) is 0 Å². The van der Waals surface area contributed by atoms with Crippen molar-refractivity contribution in [3.8, 4) is 22.9 Å². The predicted octanol–water partition coefficient (Wildman–Crippen LogP) is 3.58. The molecule has 0 saturated heterocycles. The zero-order chi connectivity index (χ0) is 20.3. The van der Waals surface area contributed by atoms with Crippen LogP contribution in [0, 0.1) is 13.8 Å². The van der Waals surface area contributed by atoms with E-state index in [9.17, 15) is 8.42 Å². The molecule has 1 N–H and O–H groups in total. The molecule has 3 aromatic rings. The van der Waals surface area contributed by atoms with E-state index in [2.05, 4.69) is 14.9 Å². The lowest BCUT2D eigenvalue weighted by molar-refractivity contribution is 0.392. The van der Waals surface area contributed by atoms with Crippen LogP contribution < -0.4 is 14.2 Å². The van der Waals surface area contributed by atoms with Crippen LogP contribution in [0.5, 0.6) is 11.6 Å². The number of nitrogens with zero attached hydrogens (tertiary/aromatic N) is 2. The van der Waals surface area contributed by atoms with Gasteiger partial charge in [-0.15, -0.1) is 10.2 Å². The minimum atomic E-state index is -3.84. The van der Waals surface area contributed by atoms with E-state index in [0.29, 0.717) is 23.0 Å². The molecule has 2 aromatic carbocycles. The van der Waals surface area contributed by atoms with Crippen LogP contribution in [-0.2, 0) is 10.0 Å². The average Bonchev–Trinajstić information content (AvgIpc) is 2.69. The Hall–Kier alpha value is -3.13. The third-order valence-corrected chi connectivity index (χ3v) is 5.73. The number of hydrogen-bond acceptors (Lipinski definition) is 6. The van der Waals surface area contributed by atoms with Crippen molar-refractivity contribution in [3.05, 3.63) is 59.7 Å². The van der Waals surface area contributed by atoms with Gasteiger partial charge in [0.05, 0.1) is 19.9 Å². The Morgan fingerprint density at radius 1 is 0.893 bits per heavy atom. The number of aryl methyl sites for hydroxylation is 2. The molecule has 0 fully saturated rings. The molecule has 0 aliphatic heterocycles. The highest BCUT2D eigenvalue weighted by Gasteiger charge is 2.21. The molecule has 0 saturated carbocycles. The highest BCUT2D eigenvalue weighted by molar-refractivity contribution is 7.92. The minimum Gasteiger partial charge on any atom is -0.495 e. The largest absolute Gasteiger partial charge is 0.495 e. The summed E-state index contributed by atoms with van der Waals surface area (Å²) in [6, 6.07) is 13.7. The molecule has 28 heavy (non-hydrogen) atoms. The Labute approximate surface area is 164 Å². The minimum absolute atomic E-state index is 0.0905. The first kappa shape index (κ1) is 19.6. The molecular formula is C20H21N3O4S. The summed E-state index contributed by atoms with van der Waals surface area (Å²) in [5.41, 5.74) is 3.56. The highest BCUT2D eigenvalue weighted by Crippen LogP contribution is 2.30. The van der Waals surface area contributed by atoms with Crippen LogP contribution in [0.3, 0.4) is 0 Å². The summed E-state index contributed by atoms with van der Waals surface area (Å²) < 4.78 is 38.8. The van der Waals surface area contributed by atoms with Gasteiger partial charge in [-0.2, -0.15) is 0 Å². The predicted molar refractivity (Wildman–Crippen MR) is 107 cm³/mol. The van der Waals surface area contributed by atoms with Crippen molar-refractivity contribution in [1.29, 1.82) is 0 Å². The number of hydrogen-bond donors (Lipinski definition) is 1. The summed E-state index contributed by atoms with van der Waals surface area (Å²) in [5, 5.41) is 8.03. The summed E-state index contributed by atoms with van der Waals surface area (Å²) in [7, 11) is -0.871. The van der Waals surface area contributed by atoms with E-state index in [1.54, 1.807) is 42.5 Å². The summed E-state index contributed by atoms with van der Waals surface area (Å²) in [5.74, 6) is 0.704. The Morgan fingerprint density at radius 3 is 2.29 bits per heavy atom. The number of methoxy groups -OCH3 is 2. The summed E-state index contributed by atoms with van der Waals surface area (Å²) in [6.07, 6.45) is 0. The van der Waals surface area contributed by atoms with Gasteiger partial charge in [-0.05, 0) is 55.3 Å². The second-order valence-corrected chi connectivity index (χ2v) is 7.89. The monoisotopic (exact) mass is 399 g/mol. The van der Waals surface area contributed by atoms with Crippen molar-refractivity contribution in [3.63, 3.8) is 0 Å². The van der Waals surface area contributed by atoms with Crippen molar-refractivity contribution in [2.24, 2.45) is 0 Å². The van der Waals surface area contributed by atoms with Crippen LogP contribution in [0.4, 0.5) is 5.69 Å². The third kappa shape index (κ3) is 4.07. The first-order valence-electron chi connectivity index (χ1n) is 8.50. The Kier molecular flexibility index (Phi) is 5.51. The van der Waals surface area contributed by atoms with Crippen molar-refractivity contribution in [2.75, 3.05) is 18.9 Å². The van der Waals surface area contributed by atoms with Crippen molar-refractivity contribution in [2.45, 2.75) is 18.7 Å². The number of aromatic nitrogens is 2. The van der Waals surface area contributed by atoms with Crippen molar-refractivity contribution >= 4 is 15.7 Å². The molecule has 0 aliphatic carbocycles. The molecule has 1 heterocycles. The van der Waals surface area contributed by atoms with Crippen LogP contribution in [-0.4, -0.2) is 32.8 Å². The fraction of sp³-hybridized carbons (Fsp3) is 0.200. The van der Waals surface area contributed by atoms with Crippen molar-refractivity contribution in [1.82, 2.24) is 10.2 Å². The standard InChI is InChI=1S/C20H21N3O4S/c1-13-10-18(26-3)19(11-14(13)2)28(24,25)23-16-7-5-6-15(12-16)17-8-9-20(27-4)22-21-17/h5-12,23H,1-4H3. The first-order valence-corrected chi connectivity index (χ1v) is 9.98. The molecule has 1 aromatic heterocycles.